The molecule has 0 bridgehead atoms. The van der Waals surface area contributed by atoms with Crippen LogP contribution in [-0.4, -0.2) is 75.6 Å². The van der Waals surface area contributed by atoms with E-state index in [4.69, 9.17) is 23.7 Å². The Morgan fingerprint density at radius 1 is 0.719 bits per heavy atom. The number of nitrogens with zero attached hydrogens (tertiary/aromatic N) is 1. The molecule has 0 aliphatic rings. The molecule has 0 rings (SSSR count). The molecule has 0 N–H and O–H groups in total. The number of hydrogen-bond acceptors (Lipinski definition) is 12. The lowest BCUT2D eigenvalue weighted by Gasteiger charge is -2.36. The molecule has 0 unspecified atom stereocenters. The van der Waals surface area contributed by atoms with E-state index in [1.165, 1.54) is 0 Å². The Labute approximate surface area is 199 Å². The van der Waals surface area contributed by atoms with E-state index < -0.39 is 75.6 Å². The molecule has 0 heterocycles. The molecule has 32 heavy (non-hydrogen) atoms. The second kappa shape index (κ2) is 14.0. The van der Waals surface area contributed by atoms with Crippen LogP contribution in [0.5, 0.6) is 0 Å². The van der Waals surface area contributed by atoms with E-state index in [9.17, 15) is 34.1 Å². The van der Waals surface area contributed by atoms with Crippen LogP contribution in [0.3, 0.4) is 0 Å². The second-order valence-electron chi connectivity index (χ2n) is 6.28. The van der Waals surface area contributed by atoms with Gasteiger partial charge in [-0.3, -0.25) is 34.1 Å². The third kappa shape index (κ3) is 10.8. The Hall–Kier alpha value is -2.29. The first-order valence-corrected chi connectivity index (χ1v) is 10.7. The predicted molar refractivity (Wildman–Crippen MR) is 111 cm³/mol. The highest BCUT2D eigenvalue weighted by molar-refractivity contribution is 9.12. The van der Waals surface area contributed by atoms with Crippen LogP contribution in [0.1, 0.15) is 34.6 Å². The van der Waals surface area contributed by atoms with E-state index in [0.717, 1.165) is 34.6 Å². The van der Waals surface area contributed by atoms with Gasteiger partial charge in [-0.05, 0) is 15.9 Å². The van der Waals surface area contributed by atoms with Crippen molar-refractivity contribution in [1.82, 2.24) is 0 Å². The van der Waals surface area contributed by atoms with Gasteiger partial charge in [-0.25, -0.2) is 0 Å². The van der Waals surface area contributed by atoms with E-state index in [-0.39, 0.29) is 0 Å². The molecule has 0 saturated carbocycles. The molecule has 6 atom stereocenters. The van der Waals surface area contributed by atoms with Crippen molar-refractivity contribution >= 4 is 61.7 Å². The summed E-state index contributed by atoms with van der Waals surface area (Å²) in [5.74, 6) is -4.42. The van der Waals surface area contributed by atoms with Gasteiger partial charge in [0, 0.05) is 39.5 Å². The molecule has 0 aromatic heterocycles. The molecule has 0 spiro atoms. The van der Waals surface area contributed by atoms with E-state index in [2.05, 4.69) is 31.9 Å². The summed E-state index contributed by atoms with van der Waals surface area (Å²) in [6, 6.07) is 0. The Balaban J connectivity index is 6.56. The van der Waals surface area contributed by atoms with Gasteiger partial charge in [0.1, 0.15) is 11.4 Å². The van der Waals surface area contributed by atoms with Crippen molar-refractivity contribution < 1.29 is 52.6 Å². The quantitative estimate of drug-likeness (QED) is 0.0787. The molecule has 0 fully saturated rings. The van der Waals surface area contributed by atoms with E-state index >= 15 is 0 Å². The molecule has 0 aromatic rings. The number of hydrogen-bond donors (Lipinski definition) is 0. The van der Waals surface area contributed by atoms with Crippen LogP contribution in [0.2, 0.25) is 0 Å². The average Bonchev–Trinajstić information content (AvgIpc) is 2.63. The summed E-state index contributed by atoms with van der Waals surface area (Å²) < 4.78 is 25.5. The van der Waals surface area contributed by atoms with Crippen molar-refractivity contribution in [1.29, 1.82) is 0 Å². The number of carbonyl (C=O) groups is 5. The first-order chi connectivity index (χ1) is 14.7. The van der Waals surface area contributed by atoms with Gasteiger partial charge in [0.25, 0.3) is 4.95 Å². The first kappa shape index (κ1) is 29.7. The van der Waals surface area contributed by atoms with Crippen molar-refractivity contribution in [3.63, 3.8) is 0 Å². The third-order valence-electron chi connectivity index (χ3n) is 3.47. The zero-order valence-corrected chi connectivity index (χ0v) is 20.9. The predicted octanol–water partition coefficient (Wildman–Crippen LogP) is 1.04. The Kier molecular flexibility index (Phi) is 13.0. The molecule has 13 nitrogen and oxygen atoms in total. The Morgan fingerprint density at radius 3 is 1.50 bits per heavy atom. The van der Waals surface area contributed by atoms with E-state index in [1.807, 2.05) is 0 Å². The number of alkyl halides is 2. The van der Waals surface area contributed by atoms with Crippen molar-refractivity contribution in [2.45, 2.75) is 68.8 Å². The fourth-order valence-corrected chi connectivity index (χ4v) is 3.35. The molecule has 0 amide bonds. The maximum Gasteiger partial charge on any atom is 0.303 e. The van der Waals surface area contributed by atoms with Crippen LogP contribution in [0.15, 0.2) is 0 Å². The van der Waals surface area contributed by atoms with Crippen LogP contribution in [0, 0.1) is 10.1 Å². The lowest BCUT2D eigenvalue weighted by molar-refractivity contribution is -0.493. The van der Waals surface area contributed by atoms with Gasteiger partial charge in [-0.15, -0.1) is 0 Å². The van der Waals surface area contributed by atoms with Crippen LogP contribution >= 0.6 is 31.9 Å². The van der Waals surface area contributed by atoms with Crippen molar-refractivity contribution in [2.24, 2.45) is 0 Å². The molecular weight excluding hydrogens is 570 g/mol. The van der Waals surface area contributed by atoms with Gasteiger partial charge in [0.2, 0.25) is 0 Å². The summed E-state index contributed by atoms with van der Waals surface area (Å²) in [5, 5.41) is 11.2. The van der Waals surface area contributed by atoms with Gasteiger partial charge in [-0.2, -0.15) is 0 Å². The zero-order valence-electron chi connectivity index (χ0n) is 17.8. The highest BCUT2D eigenvalue weighted by atomic mass is 79.9. The fraction of sp³-hybridized carbons (Fsp3) is 0.706. The molecule has 0 aliphatic heterocycles. The molecule has 15 heteroatoms. The summed E-state index contributed by atoms with van der Waals surface area (Å²) in [5.41, 5.74) is 0. The average molecular weight is 593 g/mol. The number of nitro groups is 1. The van der Waals surface area contributed by atoms with Gasteiger partial charge in [-0.1, -0.05) is 15.9 Å². The summed E-state index contributed by atoms with van der Waals surface area (Å²) in [7, 11) is 0. The fourth-order valence-electron chi connectivity index (χ4n) is 2.45. The maximum atomic E-state index is 11.8. The second-order valence-corrected chi connectivity index (χ2v) is 8.27. The molecular formula is C17H23Br2NO12. The monoisotopic (exact) mass is 591 g/mol. The summed E-state index contributed by atoms with van der Waals surface area (Å²) >= 11 is 5.86. The van der Waals surface area contributed by atoms with Crippen molar-refractivity contribution in [2.75, 3.05) is 6.61 Å². The van der Waals surface area contributed by atoms with Crippen LogP contribution in [0.25, 0.3) is 0 Å². The Morgan fingerprint density at radius 2 is 1.12 bits per heavy atom. The van der Waals surface area contributed by atoms with Crippen LogP contribution < -0.4 is 0 Å². The number of esters is 5. The number of rotatable bonds is 12. The van der Waals surface area contributed by atoms with Gasteiger partial charge < -0.3 is 23.7 Å². The number of carbonyl (C=O) groups excluding carboxylic acids is 5. The highest BCUT2D eigenvalue weighted by Crippen LogP contribution is 2.29. The summed E-state index contributed by atoms with van der Waals surface area (Å²) in [6.07, 6.45) is -6.54. The molecule has 0 radical (unpaired) electrons. The SMILES string of the molecule is CC(=O)OC[C@@H](OC(C)=O)[C@H](OC(C)=O)[C@H](OC(C)=O)[C@@H](OC(C)=O)[C@H](Br)[C@H](Br)[N+](=O)[O-]. The highest BCUT2D eigenvalue weighted by Gasteiger charge is 2.49. The van der Waals surface area contributed by atoms with Gasteiger partial charge >= 0.3 is 29.8 Å². The number of halogens is 2. The Bertz CT molecular complexity index is 730. The van der Waals surface area contributed by atoms with E-state index in [0.29, 0.717) is 0 Å². The lowest BCUT2D eigenvalue weighted by atomic mass is 9.99. The molecule has 0 aliphatic carbocycles. The van der Waals surface area contributed by atoms with Crippen molar-refractivity contribution in [3.05, 3.63) is 10.1 Å². The largest absolute Gasteiger partial charge is 0.462 e. The normalized spacial score (nSPS) is 16.2. The molecule has 182 valence electrons. The summed E-state index contributed by atoms with van der Waals surface area (Å²) in [6.45, 7) is 4.43. The standard InChI is InChI=1S/C17H23Br2NO12/c1-7(21)28-6-12(29-8(2)22)14(30-9(3)23)16(32-11(5)25)15(31-10(4)24)13(18)17(19)20(26)27/h12-17H,6H2,1-5H3/t12-,13+,14+,15+,16+,17-/m1/s1. The summed E-state index contributed by atoms with van der Waals surface area (Å²) in [4.78, 5) is 65.8. The molecule has 0 aromatic carbocycles. The van der Waals surface area contributed by atoms with Gasteiger partial charge in [0.15, 0.2) is 24.4 Å². The van der Waals surface area contributed by atoms with Crippen LogP contribution in [-0.2, 0) is 47.7 Å². The van der Waals surface area contributed by atoms with Crippen LogP contribution in [0.4, 0.5) is 0 Å². The third-order valence-corrected chi connectivity index (χ3v) is 6.10. The minimum atomic E-state index is -1.72. The lowest BCUT2D eigenvalue weighted by Crippen LogP contribution is -2.56. The minimum Gasteiger partial charge on any atom is -0.462 e. The van der Waals surface area contributed by atoms with Crippen molar-refractivity contribution in [3.8, 4) is 0 Å². The maximum absolute atomic E-state index is 11.8. The zero-order chi connectivity index (χ0) is 25.2. The minimum absolute atomic E-state index is 0.628. The smallest absolute Gasteiger partial charge is 0.303 e. The molecule has 0 saturated heterocycles. The number of ether oxygens (including phenoxy) is 5. The topological polar surface area (TPSA) is 175 Å². The van der Waals surface area contributed by atoms with Gasteiger partial charge in [0.05, 0.1) is 0 Å². The first-order valence-electron chi connectivity index (χ1n) is 8.91. The van der Waals surface area contributed by atoms with E-state index in [1.54, 1.807) is 0 Å².